The van der Waals surface area contributed by atoms with Crippen LogP contribution in [0.25, 0.3) is 0 Å². The maximum Gasteiger partial charge on any atom is 0.326 e. The lowest BCUT2D eigenvalue weighted by molar-refractivity contribution is -0.142. The highest BCUT2D eigenvalue weighted by Gasteiger charge is 2.39. The summed E-state index contributed by atoms with van der Waals surface area (Å²) in [6, 6.07) is 6.11. The van der Waals surface area contributed by atoms with Crippen molar-refractivity contribution in [1.29, 1.82) is 0 Å². The van der Waals surface area contributed by atoms with E-state index in [9.17, 15) is 14.7 Å². The van der Waals surface area contributed by atoms with E-state index in [0.717, 1.165) is 6.42 Å². The molecule has 1 amide bonds. The molecule has 1 fully saturated rings. The van der Waals surface area contributed by atoms with Gasteiger partial charge in [0, 0.05) is 12.1 Å². The second kappa shape index (κ2) is 6.16. The number of carboxylic acids is 1. The van der Waals surface area contributed by atoms with E-state index in [4.69, 9.17) is 4.74 Å². The molecule has 0 spiro atoms. The van der Waals surface area contributed by atoms with Gasteiger partial charge in [0.05, 0.1) is 6.10 Å². The number of aliphatic carboxylic acids is 1. The highest BCUT2D eigenvalue weighted by molar-refractivity contribution is 5.97. The van der Waals surface area contributed by atoms with Crippen LogP contribution in [0.1, 0.15) is 37.6 Å². The van der Waals surface area contributed by atoms with Gasteiger partial charge in [-0.05, 0) is 50.5 Å². The monoisotopic (exact) mass is 291 g/mol. The Bertz CT molecular complexity index is 524. The number of hydrogen-bond acceptors (Lipinski definition) is 3. The van der Waals surface area contributed by atoms with Gasteiger partial charge in [0.1, 0.15) is 11.8 Å². The molecule has 0 radical (unpaired) electrons. The van der Waals surface area contributed by atoms with Crippen molar-refractivity contribution in [3.63, 3.8) is 0 Å². The Morgan fingerprint density at radius 3 is 2.43 bits per heavy atom. The number of carbonyl (C=O) groups is 2. The van der Waals surface area contributed by atoms with Crippen LogP contribution in [0.5, 0.6) is 5.75 Å². The first-order valence-corrected chi connectivity index (χ1v) is 7.20. The van der Waals surface area contributed by atoms with Crippen LogP contribution >= 0.6 is 0 Å². The van der Waals surface area contributed by atoms with Gasteiger partial charge >= 0.3 is 5.97 Å². The standard InChI is InChI=1S/C16H21NO4/c1-10(2)21-13-6-4-12(5-7-13)15(18)17-9-8-11(3)14(17)16(19)20/h4-7,10-11,14H,8-9H2,1-3H3,(H,19,20). The lowest BCUT2D eigenvalue weighted by Gasteiger charge is -2.23. The third-order valence-corrected chi connectivity index (χ3v) is 3.69. The topological polar surface area (TPSA) is 66.8 Å². The molecule has 0 aliphatic carbocycles. The number of ether oxygens (including phenoxy) is 1. The predicted molar refractivity (Wildman–Crippen MR) is 78.4 cm³/mol. The number of rotatable bonds is 4. The minimum absolute atomic E-state index is 0.0185. The average Bonchev–Trinajstić information content (AvgIpc) is 2.80. The number of carboxylic acid groups (broad SMARTS) is 1. The van der Waals surface area contributed by atoms with E-state index in [2.05, 4.69) is 0 Å². The SMILES string of the molecule is CC(C)Oc1ccc(C(=O)N2CCC(C)C2C(=O)O)cc1. The number of benzene rings is 1. The third-order valence-electron chi connectivity index (χ3n) is 3.69. The van der Waals surface area contributed by atoms with Gasteiger partial charge in [0.15, 0.2) is 0 Å². The van der Waals surface area contributed by atoms with E-state index < -0.39 is 12.0 Å². The number of likely N-dealkylation sites (tertiary alicyclic amines) is 1. The largest absolute Gasteiger partial charge is 0.491 e. The molecule has 0 aromatic heterocycles. The minimum atomic E-state index is -0.937. The molecule has 0 saturated carbocycles. The van der Waals surface area contributed by atoms with Gasteiger partial charge in [-0.15, -0.1) is 0 Å². The minimum Gasteiger partial charge on any atom is -0.491 e. The van der Waals surface area contributed by atoms with Gasteiger partial charge in [-0.1, -0.05) is 6.92 Å². The molecule has 1 heterocycles. The van der Waals surface area contributed by atoms with Crippen molar-refractivity contribution in [1.82, 2.24) is 4.90 Å². The fourth-order valence-corrected chi connectivity index (χ4v) is 2.67. The van der Waals surface area contributed by atoms with Crippen molar-refractivity contribution >= 4 is 11.9 Å². The molecule has 2 atom stereocenters. The zero-order valence-corrected chi connectivity index (χ0v) is 12.6. The molecule has 5 heteroatoms. The molecule has 2 unspecified atom stereocenters. The first-order chi connectivity index (χ1) is 9.90. The van der Waals surface area contributed by atoms with Gasteiger partial charge in [-0.25, -0.2) is 4.79 Å². The van der Waals surface area contributed by atoms with E-state index in [1.54, 1.807) is 24.3 Å². The summed E-state index contributed by atoms with van der Waals surface area (Å²) in [6.07, 6.45) is 0.791. The summed E-state index contributed by atoms with van der Waals surface area (Å²) in [5, 5.41) is 9.28. The quantitative estimate of drug-likeness (QED) is 0.925. The van der Waals surface area contributed by atoms with Crippen molar-refractivity contribution < 1.29 is 19.4 Å². The zero-order valence-electron chi connectivity index (χ0n) is 12.6. The van der Waals surface area contributed by atoms with E-state index >= 15 is 0 Å². The summed E-state index contributed by atoms with van der Waals surface area (Å²) in [5.74, 6) is -0.489. The predicted octanol–water partition coefficient (Wildman–Crippen LogP) is 2.41. The number of amides is 1. The molecule has 114 valence electrons. The van der Waals surface area contributed by atoms with Gasteiger partial charge < -0.3 is 14.7 Å². The Morgan fingerprint density at radius 1 is 1.29 bits per heavy atom. The molecule has 5 nitrogen and oxygen atoms in total. The van der Waals surface area contributed by atoms with Gasteiger partial charge in [0.25, 0.3) is 5.91 Å². The highest BCUT2D eigenvalue weighted by Crippen LogP contribution is 2.26. The fraction of sp³-hybridized carbons (Fsp3) is 0.500. The third kappa shape index (κ3) is 3.35. The van der Waals surface area contributed by atoms with Crippen molar-refractivity contribution in [2.75, 3.05) is 6.54 Å². The van der Waals surface area contributed by atoms with Crippen LogP contribution in [0.15, 0.2) is 24.3 Å². The highest BCUT2D eigenvalue weighted by atomic mass is 16.5. The van der Waals surface area contributed by atoms with E-state index in [-0.39, 0.29) is 17.9 Å². The van der Waals surface area contributed by atoms with Crippen molar-refractivity contribution in [2.45, 2.75) is 39.3 Å². The Labute approximate surface area is 124 Å². The second-order valence-corrected chi connectivity index (χ2v) is 5.74. The molecule has 1 aliphatic heterocycles. The van der Waals surface area contributed by atoms with Crippen molar-refractivity contribution in [2.24, 2.45) is 5.92 Å². The van der Waals surface area contributed by atoms with E-state index in [1.807, 2.05) is 20.8 Å². The van der Waals surface area contributed by atoms with E-state index in [1.165, 1.54) is 4.90 Å². The molecule has 2 rings (SSSR count). The molecule has 1 N–H and O–H groups in total. The average molecular weight is 291 g/mol. The summed E-state index contributed by atoms with van der Waals surface area (Å²) in [4.78, 5) is 25.2. The molecule has 1 aliphatic rings. The lowest BCUT2D eigenvalue weighted by atomic mass is 10.0. The maximum absolute atomic E-state index is 12.5. The van der Waals surface area contributed by atoms with Crippen LogP contribution in [-0.4, -0.2) is 40.6 Å². The Hall–Kier alpha value is -2.04. The summed E-state index contributed by atoms with van der Waals surface area (Å²) in [7, 11) is 0. The normalized spacial score (nSPS) is 21.6. The van der Waals surface area contributed by atoms with Crippen LogP contribution in [0.4, 0.5) is 0 Å². The summed E-state index contributed by atoms with van der Waals surface area (Å²) in [5.41, 5.74) is 0.492. The summed E-state index contributed by atoms with van der Waals surface area (Å²) >= 11 is 0. The van der Waals surface area contributed by atoms with E-state index in [0.29, 0.717) is 17.9 Å². The van der Waals surface area contributed by atoms with Crippen LogP contribution in [0.3, 0.4) is 0 Å². The zero-order chi connectivity index (χ0) is 15.6. The van der Waals surface area contributed by atoms with Crippen LogP contribution in [0.2, 0.25) is 0 Å². The van der Waals surface area contributed by atoms with Crippen LogP contribution in [-0.2, 0) is 4.79 Å². The Balaban J connectivity index is 2.14. The van der Waals surface area contributed by atoms with Gasteiger partial charge in [0.2, 0.25) is 0 Å². The lowest BCUT2D eigenvalue weighted by Crippen LogP contribution is -2.42. The second-order valence-electron chi connectivity index (χ2n) is 5.74. The Kier molecular flexibility index (Phi) is 4.50. The molecule has 1 aromatic rings. The summed E-state index contributed by atoms with van der Waals surface area (Å²) in [6.45, 7) is 6.22. The number of hydrogen-bond donors (Lipinski definition) is 1. The van der Waals surface area contributed by atoms with Crippen molar-refractivity contribution in [3.8, 4) is 5.75 Å². The fourth-order valence-electron chi connectivity index (χ4n) is 2.67. The van der Waals surface area contributed by atoms with Crippen LogP contribution < -0.4 is 4.74 Å². The molecule has 0 bridgehead atoms. The molecule has 21 heavy (non-hydrogen) atoms. The first-order valence-electron chi connectivity index (χ1n) is 7.20. The molecular weight excluding hydrogens is 270 g/mol. The Morgan fingerprint density at radius 2 is 1.90 bits per heavy atom. The molecule has 1 aromatic carbocycles. The van der Waals surface area contributed by atoms with Crippen LogP contribution in [0, 0.1) is 5.92 Å². The number of nitrogens with zero attached hydrogens (tertiary/aromatic N) is 1. The molecular formula is C16H21NO4. The maximum atomic E-state index is 12.5. The van der Waals surface area contributed by atoms with Gasteiger partial charge in [-0.2, -0.15) is 0 Å². The summed E-state index contributed by atoms with van der Waals surface area (Å²) < 4.78 is 5.53. The first kappa shape index (κ1) is 15.4. The van der Waals surface area contributed by atoms with Crippen molar-refractivity contribution in [3.05, 3.63) is 29.8 Å². The number of carbonyl (C=O) groups excluding carboxylic acids is 1. The molecule has 1 saturated heterocycles. The smallest absolute Gasteiger partial charge is 0.326 e. The van der Waals surface area contributed by atoms with Gasteiger partial charge in [-0.3, -0.25) is 4.79 Å².